The van der Waals surface area contributed by atoms with E-state index in [0.29, 0.717) is 0 Å². The Balaban J connectivity index is 0.000000490. The predicted molar refractivity (Wildman–Crippen MR) is 35.8 cm³/mol. The van der Waals surface area contributed by atoms with Crippen LogP contribution in [0.3, 0.4) is 0 Å². The Bertz CT molecular complexity index is 138. The van der Waals surface area contributed by atoms with Crippen LogP contribution in [0.2, 0.25) is 0 Å². The van der Waals surface area contributed by atoms with Gasteiger partial charge in [-0.05, 0) is 5.30 Å². The van der Waals surface area contributed by atoms with Crippen molar-refractivity contribution in [1.29, 1.82) is 0 Å². The summed E-state index contributed by atoms with van der Waals surface area (Å²) in [6.07, 6.45) is 0. The van der Waals surface area contributed by atoms with Crippen LogP contribution in [0.15, 0.2) is 30.3 Å². The van der Waals surface area contributed by atoms with E-state index in [-0.39, 0.29) is 41.7 Å². The number of benzene rings is 1. The monoisotopic (exact) mass is 250 g/mol. The Morgan fingerprint density at radius 1 is 1.00 bits per heavy atom. The van der Waals surface area contributed by atoms with Gasteiger partial charge in [-0.2, -0.15) is 0 Å². The third-order valence-electron chi connectivity index (χ3n) is 0.800. The first-order chi connectivity index (χ1) is 3.39. The van der Waals surface area contributed by atoms with Gasteiger partial charge in [0.25, 0.3) is 0 Å². The summed E-state index contributed by atoms with van der Waals surface area (Å²) in [5.74, 6) is 0. The summed E-state index contributed by atoms with van der Waals surface area (Å²) in [4.78, 5) is 0. The maximum Gasteiger partial charge on any atom is 0 e. The second-order valence-electron chi connectivity index (χ2n) is 1.41. The SMILES string of the molecule is Pc1ccccc1.[Ce]. The Morgan fingerprint density at radius 2 is 1.50 bits per heavy atom. The van der Waals surface area contributed by atoms with E-state index in [2.05, 4.69) is 9.24 Å². The second-order valence-corrected chi connectivity index (χ2v) is 2.08. The van der Waals surface area contributed by atoms with Crippen LogP contribution in [0, 0.1) is 41.7 Å². The molecule has 0 nitrogen and oxygen atoms in total. The summed E-state index contributed by atoms with van der Waals surface area (Å²) < 4.78 is 0. The minimum absolute atomic E-state index is 0. The topological polar surface area (TPSA) is 0 Å². The molecule has 0 saturated carbocycles. The summed E-state index contributed by atoms with van der Waals surface area (Å²) in [6, 6.07) is 10.1. The summed E-state index contributed by atoms with van der Waals surface area (Å²) in [5.41, 5.74) is 0. The van der Waals surface area contributed by atoms with E-state index in [9.17, 15) is 0 Å². The van der Waals surface area contributed by atoms with Gasteiger partial charge in [0.05, 0.1) is 0 Å². The zero-order valence-corrected chi connectivity index (χ0v) is 8.76. The summed E-state index contributed by atoms with van der Waals surface area (Å²) in [6.45, 7) is 0. The molecule has 0 amide bonds. The van der Waals surface area contributed by atoms with Crippen LogP contribution in [-0.2, 0) is 0 Å². The van der Waals surface area contributed by atoms with Gasteiger partial charge in [0, 0.05) is 41.7 Å². The van der Waals surface area contributed by atoms with E-state index in [1.807, 2.05) is 30.3 Å². The smallest absolute Gasteiger partial charge is 0 e. The van der Waals surface area contributed by atoms with Gasteiger partial charge in [-0.25, -0.2) is 0 Å². The number of rotatable bonds is 0. The first kappa shape index (κ1) is 9.03. The fraction of sp³-hybridized carbons (Fsp3) is 0. The quantitative estimate of drug-likeness (QED) is 0.607. The second kappa shape index (κ2) is 4.86. The van der Waals surface area contributed by atoms with Gasteiger partial charge in [-0.3, -0.25) is 0 Å². The molecule has 1 atom stereocenters. The maximum atomic E-state index is 2.63. The normalized spacial score (nSPS) is 7.62. The van der Waals surface area contributed by atoms with E-state index < -0.39 is 0 Å². The third kappa shape index (κ3) is 3.13. The standard InChI is InChI=1S/C6H7P.Ce/c7-6-4-2-1-3-5-6;/h1-5H,7H2;. The maximum absolute atomic E-state index is 2.63. The zero-order chi connectivity index (χ0) is 5.11. The molecule has 0 heterocycles. The molecule has 0 aliphatic heterocycles. The van der Waals surface area contributed by atoms with Gasteiger partial charge in [-0.1, -0.05) is 30.3 Å². The largest absolute Gasteiger partial charge is 0.106 e. The van der Waals surface area contributed by atoms with Gasteiger partial charge < -0.3 is 0 Å². The molecule has 0 fully saturated rings. The van der Waals surface area contributed by atoms with Crippen molar-refractivity contribution in [2.75, 3.05) is 0 Å². The van der Waals surface area contributed by atoms with Crippen LogP contribution in [-0.4, -0.2) is 0 Å². The predicted octanol–water partition coefficient (Wildman–Crippen LogP) is 1.19. The molecular formula is C6H7CeP. The van der Waals surface area contributed by atoms with Crippen LogP contribution in [0.5, 0.6) is 0 Å². The molecule has 0 aromatic heterocycles. The molecule has 1 aromatic rings. The van der Waals surface area contributed by atoms with Crippen molar-refractivity contribution in [2.24, 2.45) is 0 Å². The molecule has 2 heteroatoms. The van der Waals surface area contributed by atoms with Crippen LogP contribution in [0.1, 0.15) is 0 Å². The molecular weight excluding hydrogens is 243 g/mol. The minimum Gasteiger partial charge on any atom is -0.106 e. The molecule has 40 valence electrons. The Kier molecular flexibility index (Phi) is 5.49. The summed E-state index contributed by atoms with van der Waals surface area (Å²) in [7, 11) is 2.63. The van der Waals surface area contributed by atoms with Crippen molar-refractivity contribution in [3.63, 3.8) is 0 Å². The Morgan fingerprint density at radius 3 is 1.75 bits per heavy atom. The Hall–Kier alpha value is 1.03. The van der Waals surface area contributed by atoms with Crippen molar-refractivity contribution >= 4 is 14.5 Å². The first-order valence-corrected chi connectivity index (χ1v) is 2.78. The van der Waals surface area contributed by atoms with E-state index in [0.717, 1.165) is 0 Å². The van der Waals surface area contributed by atoms with E-state index in [4.69, 9.17) is 0 Å². The van der Waals surface area contributed by atoms with Crippen LogP contribution in [0.25, 0.3) is 0 Å². The van der Waals surface area contributed by atoms with Crippen molar-refractivity contribution in [3.05, 3.63) is 30.3 Å². The first-order valence-electron chi connectivity index (χ1n) is 2.20. The molecule has 0 aliphatic rings. The van der Waals surface area contributed by atoms with E-state index in [1.54, 1.807) is 0 Å². The third-order valence-corrected chi connectivity index (χ3v) is 1.18. The van der Waals surface area contributed by atoms with Crippen molar-refractivity contribution in [1.82, 2.24) is 0 Å². The van der Waals surface area contributed by atoms with Gasteiger partial charge in [0.1, 0.15) is 0 Å². The molecule has 1 aromatic carbocycles. The van der Waals surface area contributed by atoms with E-state index in [1.165, 1.54) is 5.30 Å². The Labute approximate surface area is 85.6 Å². The molecule has 0 spiro atoms. The van der Waals surface area contributed by atoms with E-state index >= 15 is 0 Å². The van der Waals surface area contributed by atoms with Crippen molar-refractivity contribution < 1.29 is 41.7 Å². The minimum atomic E-state index is 0. The fourth-order valence-electron chi connectivity index (χ4n) is 0.453. The van der Waals surface area contributed by atoms with Crippen molar-refractivity contribution in [2.45, 2.75) is 0 Å². The molecule has 1 unspecified atom stereocenters. The van der Waals surface area contributed by atoms with Crippen molar-refractivity contribution in [3.8, 4) is 0 Å². The summed E-state index contributed by atoms with van der Waals surface area (Å²) >= 11 is 0. The molecule has 0 bridgehead atoms. The number of hydrogen-bond donors (Lipinski definition) is 0. The van der Waals surface area contributed by atoms with Crippen LogP contribution in [0.4, 0.5) is 0 Å². The molecule has 1 rings (SSSR count). The zero-order valence-electron chi connectivity index (χ0n) is 4.46. The van der Waals surface area contributed by atoms with Gasteiger partial charge in [0.15, 0.2) is 0 Å². The van der Waals surface area contributed by atoms with Gasteiger partial charge >= 0.3 is 0 Å². The molecule has 0 aliphatic carbocycles. The van der Waals surface area contributed by atoms with Crippen LogP contribution < -0.4 is 5.30 Å². The van der Waals surface area contributed by atoms with Crippen LogP contribution >= 0.6 is 9.24 Å². The number of hydrogen-bond acceptors (Lipinski definition) is 0. The van der Waals surface area contributed by atoms with Gasteiger partial charge in [-0.15, -0.1) is 9.24 Å². The average molecular weight is 250 g/mol. The molecule has 0 radical (unpaired) electrons. The van der Waals surface area contributed by atoms with Gasteiger partial charge in [0.2, 0.25) is 0 Å². The average Bonchev–Trinajstić information content (AvgIpc) is 1.69. The fourth-order valence-corrected chi connectivity index (χ4v) is 0.675. The molecule has 0 saturated heterocycles. The molecule has 0 N–H and O–H groups in total. The molecule has 8 heavy (non-hydrogen) atoms. The summed E-state index contributed by atoms with van der Waals surface area (Å²) in [5, 5.41) is 1.24.